The maximum atomic E-state index is 10.5. The Balaban J connectivity index is 2.67. The Labute approximate surface area is 56.1 Å². The summed E-state index contributed by atoms with van der Waals surface area (Å²) < 4.78 is 0. The van der Waals surface area contributed by atoms with Crippen LogP contribution in [0.25, 0.3) is 0 Å². The van der Waals surface area contributed by atoms with Crippen molar-refractivity contribution in [2.24, 2.45) is 5.73 Å². The Morgan fingerprint density at radius 3 is 3.00 bits per heavy atom. The molecule has 1 rings (SSSR count). The van der Waals surface area contributed by atoms with Crippen LogP contribution in [0.15, 0.2) is 11.9 Å². The van der Waals surface area contributed by atoms with Crippen molar-refractivity contribution >= 4 is 16.9 Å². The third kappa shape index (κ3) is 1.62. The number of nitrogens with one attached hydrogen (secondary N) is 1. The van der Waals surface area contributed by atoms with Gasteiger partial charge in [-0.2, -0.15) is 0 Å². The van der Waals surface area contributed by atoms with Gasteiger partial charge < -0.3 is 16.2 Å². The molecule has 1 aliphatic rings. The Morgan fingerprint density at radius 2 is 2.56 bits per heavy atom. The van der Waals surface area contributed by atoms with Crippen LogP contribution in [0.3, 0.4) is 0 Å². The first-order chi connectivity index (χ1) is 4.18. The fourth-order valence-corrected chi connectivity index (χ4v) is 1.09. The first kappa shape index (κ1) is 6.44. The van der Waals surface area contributed by atoms with Crippen LogP contribution in [-0.4, -0.2) is 15.8 Å². The van der Waals surface area contributed by atoms with E-state index in [-0.39, 0.29) is 10.9 Å². The van der Waals surface area contributed by atoms with Gasteiger partial charge in [-0.15, -0.1) is 0 Å². The van der Waals surface area contributed by atoms with E-state index in [0.29, 0.717) is 0 Å². The molecule has 1 aliphatic heterocycles. The van der Waals surface area contributed by atoms with Crippen LogP contribution in [0.5, 0.6) is 0 Å². The van der Waals surface area contributed by atoms with Gasteiger partial charge in [-0.25, -0.2) is 0 Å². The first-order valence-electron chi connectivity index (χ1n) is 2.31. The van der Waals surface area contributed by atoms with E-state index in [2.05, 4.69) is 5.32 Å². The van der Waals surface area contributed by atoms with Gasteiger partial charge in [0, 0.05) is 6.08 Å². The summed E-state index contributed by atoms with van der Waals surface area (Å²) in [6, 6.07) is 0. The summed E-state index contributed by atoms with van der Waals surface area (Å²) in [5.74, 6) is 0.214. The molecule has 9 heavy (non-hydrogen) atoms. The van der Waals surface area contributed by atoms with Crippen molar-refractivity contribution in [2.75, 3.05) is 0 Å². The van der Waals surface area contributed by atoms with Crippen molar-refractivity contribution in [3.8, 4) is 0 Å². The van der Waals surface area contributed by atoms with Gasteiger partial charge in [-0.1, -0.05) is 0 Å². The number of rotatable bonds is 0. The monoisotopic (exact) mass is 146 g/mol. The summed E-state index contributed by atoms with van der Waals surface area (Å²) in [6.07, 6.45) is 1.23. The molecule has 0 fully saturated rings. The largest absolute Gasteiger partial charge is 0.385 e. The summed E-state index contributed by atoms with van der Waals surface area (Å²) in [7, 11) is 0. The average Bonchev–Trinajstić information content (AvgIpc) is 1.59. The van der Waals surface area contributed by atoms with Gasteiger partial charge in [0.25, 0.3) is 0 Å². The number of hydrogen-bond acceptors (Lipinski definition) is 5. The van der Waals surface area contributed by atoms with Crippen LogP contribution >= 0.6 is 11.8 Å². The first-order valence-corrected chi connectivity index (χ1v) is 3.19. The molecular weight excluding hydrogens is 140 g/mol. The molecule has 0 radical (unpaired) electrons. The van der Waals surface area contributed by atoms with Crippen LogP contribution in [0.4, 0.5) is 0 Å². The van der Waals surface area contributed by atoms with E-state index in [1.165, 1.54) is 6.08 Å². The van der Waals surface area contributed by atoms with E-state index >= 15 is 0 Å². The van der Waals surface area contributed by atoms with Gasteiger partial charge in [0.1, 0.15) is 5.82 Å². The van der Waals surface area contributed by atoms with Crippen molar-refractivity contribution in [3.63, 3.8) is 0 Å². The zero-order valence-corrected chi connectivity index (χ0v) is 5.31. The molecule has 0 bridgehead atoms. The zero-order valence-electron chi connectivity index (χ0n) is 4.50. The predicted molar refractivity (Wildman–Crippen MR) is 34.0 cm³/mol. The second-order valence-corrected chi connectivity index (χ2v) is 2.62. The summed E-state index contributed by atoms with van der Waals surface area (Å²) >= 11 is 0.794. The Kier molecular flexibility index (Phi) is 1.63. The third-order valence-electron chi connectivity index (χ3n) is 0.791. The fourth-order valence-electron chi connectivity index (χ4n) is 0.485. The van der Waals surface area contributed by atoms with Gasteiger partial charge in [0.2, 0.25) is 5.12 Å². The van der Waals surface area contributed by atoms with Crippen molar-refractivity contribution in [1.29, 1.82) is 0 Å². The Morgan fingerprint density at radius 1 is 1.89 bits per heavy atom. The molecule has 1 unspecified atom stereocenters. The molecule has 0 aromatic rings. The lowest BCUT2D eigenvalue weighted by Gasteiger charge is -2.15. The van der Waals surface area contributed by atoms with E-state index in [0.717, 1.165) is 11.8 Å². The van der Waals surface area contributed by atoms with Crippen LogP contribution < -0.4 is 11.1 Å². The highest BCUT2D eigenvalue weighted by molar-refractivity contribution is 8.14. The van der Waals surface area contributed by atoms with Crippen LogP contribution in [-0.2, 0) is 4.79 Å². The second kappa shape index (κ2) is 2.28. The molecule has 4 nitrogen and oxygen atoms in total. The number of hydrogen-bond donors (Lipinski definition) is 3. The number of carbonyl (C=O) groups is 1. The quantitative estimate of drug-likeness (QED) is 0.405. The molecule has 50 valence electrons. The summed E-state index contributed by atoms with van der Waals surface area (Å²) in [5, 5.41) is 11.0. The summed E-state index contributed by atoms with van der Waals surface area (Å²) in [5.41, 5.74) is 4.28. The molecule has 0 aliphatic carbocycles. The maximum Gasteiger partial charge on any atom is 0.219 e. The van der Waals surface area contributed by atoms with Crippen molar-refractivity contribution in [1.82, 2.24) is 5.32 Å². The highest BCUT2D eigenvalue weighted by Gasteiger charge is 2.15. The minimum atomic E-state index is -0.887. The van der Waals surface area contributed by atoms with Gasteiger partial charge in [0.05, 0.1) is 0 Å². The van der Waals surface area contributed by atoms with Crippen LogP contribution in [0.1, 0.15) is 0 Å². The van der Waals surface area contributed by atoms with E-state index < -0.39 is 5.56 Å². The molecule has 1 atom stereocenters. The van der Waals surface area contributed by atoms with E-state index in [9.17, 15) is 4.79 Å². The molecule has 5 heteroatoms. The van der Waals surface area contributed by atoms with E-state index in [1.807, 2.05) is 0 Å². The second-order valence-electron chi connectivity index (χ2n) is 1.53. The minimum Gasteiger partial charge on any atom is -0.385 e. The molecule has 0 saturated heterocycles. The fraction of sp³-hybridized carbons (Fsp3) is 0.250. The van der Waals surface area contributed by atoms with Gasteiger partial charge in [-0.3, -0.25) is 4.79 Å². The number of carbonyl (C=O) groups excluding carboxylic acids is 1. The predicted octanol–water partition coefficient (Wildman–Crippen LogP) is -1.07. The van der Waals surface area contributed by atoms with E-state index in [4.69, 9.17) is 10.8 Å². The summed E-state index contributed by atoms with van der Waals surface area (Å²) in [6.45, 7) is 0. The molecule has 1 heterocycles. The molecule has 0 spiro atoms. The lowest BCUT2D eigenvalue weighted by atomic mass is 10.6. The Hall–Kier alpha value is -0.680. The molecule has 0 aromatic carbocycles. The van der Waals surface area contributed by atoms with Gasteiger partial charge in [-0.05, 0) is 11.8 Å². The maximum absolute atomic E-state index is 10.5. The van der Waals surface area contributed by atoms with Crippen LogP contribution in [0.2, 0.25) is 0 Å². The van der Waals surface area contributed by atoms with Gasteiger partial charge >= 0.3 is 0 Å². The number of thioether (sulfide) groups is 1. The van der Waals surface area contributed by atoms with Crippen LogP contribution in [0, 0.1) is 0 Å². The highest BCUT2D eigenvalue weighted by Crippen LogP contribution is 2.12. The highest BCUT2D eigenvalue weighted by atomic mass is 32.2. The van der Waals surface area contributed by atoms with Crippen molar-refractivity contribution in [3.05, 3.63) is 11.9 Å². The van der Waals surface area contributed by atoms with Gasteiger partial charge in [0.15, 0.2) is 5.56 Å². The molecule has 4 N–H and O–H groups in total. The van der Waals surface area contributed by atoms with E-state index in [1.54, 1.807) is 0 Å². The smallest absolute Gasteiger partial charge is 0.219 e. The number of aliphatic hydroxyl groups excluding tert-OH is 1. The lowest BCUT2D eigenvalue weighted by Crippen LogP contribution is -2.33. The summed E-state index contributed by atoms with van der Waals surface area (Å²) in [4.78, 5) is 10.5. The van der Waals surface area contributed by atoms with Crippen molar-refractivity contribution in [2.45, 2.75) is 5.56 Å². The SMILES string of the molecule is NC1=CC(=O)SC(O)N1. The molecule has 0 aromatic heterocycles. The van der Waals surface area contributed by atoms with Crippen molar-refractivity contribution < 1.29 is 9.90 Å². The third-order valence-corrected chi connectivity index (χ3v) is 1.48. The normalized spacial score (nSPS) is 27.0. The topological polar surface area (TPSA) is 75.4 Å². The lowest BCUT2D eigenvalue weighted by molar-refractivity contribution is -0.107. The molecular formula is C4H6N2O2S. The number of aliphatic hydroxyl groups is 1. The average molecular weight is 146 g/mol. The minimum absolute atomic E-state index is 0.214. The number of nitrogens with two attached hydrogens (primary N) is 1. The Bertz CT molecular complexity index is 168. The molecule has 0 amide bonds. The standard InChI is InChI=1S/C4H6N2O2S/c5-2-1-3(7)9-4(8)6-2/h1,4,6,8H,5H2. The molecule has 0 saturated carbocycles. The zero-order chi connectivity index (χ0) is 6.85.